The molecule has 0 aliphatic carbocycles. The van der Waals surface area contributed by atoms with Gasteiger partial charge < -0.3 is 14.6 Å². The molecular weight excluding hydrogens is 347 g/mol. The number of hydrogen-bond donors (Lipinski definition) is 1. The highest BCUT2D eigenvalue weighted by Gasteiger charge is 2.37. The van der Waals surface area contributed by atoms with Crippen molar-refractivity contribution in [2.24, 2.45) is 0 Å². The van der Waals surface area contributed by atoms with Gasteiger partial charge in [0.05, 0.1) is 17.6 Å². The number of fused-ring (bicyclic) bond motifs is 1. The lowest BCUT2D eigenvalue weighted by Crippen LogP contribution is -2.23. The van der Waals surface area contributed by atoms with Gasteiger partial charge in [-0.3, -0.25) is 4.79 Å². The predicted molar refractivity (Wildman–Crippen MR) is 91.0 cm³/mol. The molecule has 2 aromatic carbocycles. The van der Waals surface area contributed by atoms with Crippen molar-refractivity contribution in [2.45, 2.75) is 19.6 Å². The van der Waals surface area contributed by atoms with Crippen LogP contribution < -0.4 is 10.1 Å². The van der Waals surface area contributed by atoms with E-state index in [4.69, 9.17) is 4.74 Å². The summed E-state index contributed by atoms with van der Waals surface area (Å²) in [6.07, 6.45) is -4.65. The quantitative estimate of drug-likeness (QED) is 0.743. The molecule has 0 saturated heterocycles. The number of aromatic nitrogens is 2. The highest BCUT2D eigenvalue weighted by molar-refractivity contribution is 5.91. The molecule has 0 fully saturated rings. The fraction of sp³-hybridized carbons (Fsp3) is 0.222. The summed E-state index contributed by atoms with van der Waals surface area (Å²) in [7, 11) is 0. The van der Waals surface area contributed by atoms with E-state index >= 15 is 0 Å². The van der Waals surface area contributed by atoms with Crippen LogP contribution in [0.25, 0.3) is 11.0 Å². The second-order valence-electron chi connectivity index (χ2n) is 5.51. The smallest absolute Gasteiger partial charge is 0.449 e. The largest absolute Gasteiger partial charge is 0.494 e. The molecule has 0 spiro atoms. The Hall–Kier alpha value is -3.03. The number of nitrogens with zero attached hydrogens (tertiary/aromatic N) is 2. The summed E-state index contributed by atoms with van der Waals surface area (Å²) < 4.78 is 45.9. The van der Waals surface area contributed by atoms with E-state index in [0.717, 1.165) is 4.57 Å². The molecule has 1 amide bonds. The van der Waals surface area contributed by atoms with Crippen LogP contribution in [0.1, 0.15) is 12.7 Å². The van der Waals surface area contributed by atoms with Crippen molar-refractivity contribution in [1.82, 2.24) is 9.55 Å². The molecule has 1 heterocycles. The molecule has 0 aliphatic heterocycles. The number of benzene rings is 2. The molecule has 5 nitrogen and oxygen atoms in total. The van der Waals surface area contributed by atoms with Crippen molar-refractivity contribution in [3.63, 3.8) is 0 Å². The van der Waals surface area contributed by atoms with Crippen LogP contribution in [0.3, 0.4) is 0 Å². The minimum Gasteiger partial charge on any atom is -0.494 e. The third kappa shape index (κ3) is 3.79. The van der Waals surface area contributed by atoms with Gasteiger partial charge in [-0.2, -0.15) is 13.2 Å². The highest BCUT2D eigenvalue weighted by Crippen LogP contribution is 2.31. The van der Waals surface area contributed by atoms with Gasteiger partial charge in [0.2, 0.25) is 11.7 Å². The topological polar surface area (TPSA) is 56.1 Å². The Morgan fingerprint density at radius 3 is 2.50 bits per heavy atom. The van der Waals surface area contributed by atoms with E-state index in [9.17, 15) is 18.0 Å². The Labute approximate surface area is 147 Å². The van der Waals surface area contributed by atoms with E-state index in [0.29, 0.717) is 18.0 Å². The number of ether oxygens (including phenoxy) is 1. The minimum absolute atomic E-state index is 0.189. The number of anilines is 1. The summed E-state index contributed by atoms with van der Waals surface area (Å²) in [6.45, 7) is 1.87. The van der Waals surface area contributed by atoms with Crippen molar-refractivity contribution < 1.29 is 22.7 Å². The average molecular weight is 363 g/mol. The van der Waals surface area contributed by atoms with Crippen LogP contribution >= 0.6 is 0 Å². The van der Waals surface area contributed by atoms with Crippen LogP contribution in [-0.4, -0.2) is 22.1 Å². The normalized spacial score (nSPS) is 11.5. The number of imidazole rings is 1. The third-order valence-corrected chi connectivity index (χ3v) is 3.66. The zero-order valence-electron chi connectivity index (χ0n) is 13.9. The minimum atomic E-state index is -4.65. The zero-order valence-corrected chi connectivity index (χ0v) is 13.9. The Balaban J connectivity index is 1.82. The number of alkyl halides is 3. The van der Waals surface area contributed by atoms with Crippen LogP contribution in [0.5, 0.6) is 5.75 Å². The molecule has 1 aromatic heterocycles. The van der Waals surface area contributed by atoms with Crippen molar-refractivity contribution in [2.75, 3.05) is 11.9 Å². The first-order valence-corrected chi connectivity index (χ1v) is 7.93. The zero-order chi connectivity index (χ0) is 18.7. The van der Waals surface area contributed by atoms with Crippen LogP contribution in [0.2, 0.25) is 0 Å². The van der Waals surface area contributed by atoms with Crippen molar-refractivity contribution in [3.05, 3.63) is 54.4 Å². The van der Waals surface area contributed by atoms with Crippen LogP contribution in [-0.2, 0) is 17.5 Å². The maximum atomic E-state index is 13.3. The monoisotopic (exact) mass is 363 g/mol. The molecule has 1 N–H and O–H groups in total. The number of carbonyl (C=O) groups is 1. The van der Waals surface area contributed by atoms with Crippen LogP contribution in [0, 0.1) is 0 Å². The molecular formula is C18H16F3N3O2. The number of nitrogens with one attached hydrogen (secondary N) is 1. The first-order chi connectivity index (χ1) is 12.4. The molecule has 0 saturated carbocycles. The molecule has 0 radical (unpaired) electrons. The molecule has 0 unspecified atom stereocenters. The first kappa shape index (κ1) is 17.8. The third-order valence-electron chi connectivity index (χ3n) is 3.66. The van der Waals surface area contributed by atoms with Gasteiger partial charge in [0, 0.05) is 5.69 Å². The summed E-state index contributed by atoms with van der Waals surface area (Å²) in [6, 6.07) is 12.8. The van der Waals surface area contributed by atoms with Crippen LogP contribution in [0.4, 0.5) is 18.9 Å². The Morgan fingerprint density at radius 2 is 1.85 bits per heavy atom. The second-order valence-corrected chi connectivity index (χ2v) is 5.51. The van der Waals surface area contributed by atoms with Gasteiger partial charge in [-0.1, -0.05) is 12.1 Å². The number of halogens is 3. The molecule has 0 atom stereocenters. The summed E-state index contributed by atoms with van der Waals surface area (Å²) >= 11 is 0. The van der Waals surface area contributed by atoms with Crippen molar-refractivity contribution >= 4 is 22.6 Å². The number of hydrogen-bond acceptors (Lipinski definition) is 3. The van der Waals surface area contributed by atoms with E-state index in [2.05, 4.69) is 10.3 Å². The lowest BCUT2D eigenvalue weighted by atomic mass is 10.3. The van der Waals surface area contributed by atoms with Gasteiger partial charge in [-0.05, 0) is 43.3 Å². The fourth-order valence-electron chi connectivity index (χ4n) is 2.60. The number of amides is 1. The van der Waals surface area contributed by atoms with Gasteiger partial charge in [0.25, 0.3) is 0 Å². The van der Waals surface area contributed by atoms with Crippen molar-refractivity contribution in [1.29, 1.82) is 0 Å². The Kier molecular flexibility index (Phi) is 4.83. The summed E-state index contributed by atoms with van der Waals surface area (Å²) in [5, 5.41) is 2.58. The molecule has 136 valence electrons. The molecule has 0 bridgehead atoms. The van der Waals surface area contributed by atoms with E-state index < -0.39 is 24.5 Å². The molecule has 0 aliphatic rings. The van der Waals surface area contributed by atoms with E-state index in [1.165, 1.54) is 12.1 Å². The maximum absolute atomic E-state index is 13.3. The number of rotatable bonds is 5. The standard InChI is InChI=1S/C18H16F3N3O2/c1-2-26-13-9-7-12(8-10-13)22-16(25)11-24-15-6-4-3-5-14(15)23-17(24)18(19,20)21/h3-10H,2,11H2,1H3,(H,22,25). The average Bonchev–Trinajstić information content (AvgIpc) is 2.96. The van der Waals surface area contributed by atoms with Gasteiger partial charge in [0.15, 0.2) is 0 Å². The Morgan fingerprint density at radius 1 is 1.15 bits per heavy atom. The lowest BCUT2D eigenvalue weighted by Gasteiger charge is -2.12. The van der Waals surface area contributed by atoms with Crippen LogP contribution in [0.15, 0.2) is 48.5 Å². The number of para-hydroxylation sites is 2. The molecule has 26 heavy (non-hydrogen) atoms. The highest BCUT2D eigenvalue weighted by atomic mass is 19.4. The summed E-state index contributed by atoms with van der Waals surface area (Å²) in [4.78, 5) is 15.9. The maximum Gasteiger partial charge on any atom is 0.449 e. The second kappa shape index (κ2) is 7.07. The molecule has 3 aromatic rings. The van der Waals surface area contributed by atoms with E-state index in [1.54, 1.807) is 36.4 Å². The predicted octanol–water partition coefficient (Wildman–Crippen LogP) is 4.09. The summed E-state index contributed by atoms with van der Waals surface area (Å²) in [5.41, 5.74) is 0.909. The van der Waals surface area contributed by atoms with Gasteiger partial charge in [0.1, 0.15) is 12.3 Å². The van der Waals surface area contributed by atoms with E-state index in [-0.39, 0.29) is 11.0 Å². The van der Waals surface area contributed by atoms with Gasteiger partial charge in [-0.15, -0.1) is 0 Å². The fourth-order valence-corrected chi connectivity index (χ4v) is 2.60. The first-order valence-electron chi connectivity index (χ1n) is 7.93. The van der Waals surface area contributed by atoms with Gasteiger partial charge >= 0.3 is 6.18 Å². The Bertz CT molecular complexity index is 918. The summed E-state index contributed by atoms with van der Waals surface area (Å²) in [5.74, 6) is -1.03. The SMILES string of the molecule is CCOc1ccc(NC(=O)Cn2c(C(F)(F)F)nc3ccccc32)cc1. The molecule has 8 heteroatoms. The number of carbonyl (C=O) groups excluding carboxylic acids is 1. The molecule has 3 rings (SSSR count). The van der Waals surface area contributed by atoms with Crippen molar-refractivity contribution in [3.8, 4) is 5.75 Å². The van der Waals surface area contributed by atoms with E-state index in [1.807, 2.05) is 6.92 Å². The lowest BCUT2D eigenvalue weighted by molar-refractivity contribution is -0.147. The van der Waals surface area contributed by atoms with Gasteiger partial charge in [-0.25, -0.2) is 4.98 Å².